The number of thioether (sulfide) groups is 1. The third-order valence-corrected chi connectivity index (χ3v) is 3.96. The molecule has 0 heterocycles. The van der Waals surface area contributed by atoms with Crippen molar-refractivity contribution < 1.29 is 0 Å². The molecule has 0 atom stereocenters. The molecule has 0 aromatic heterocycles. The van der Waals surface area contributed by atoms with Crippen LogP contribution in [0.3, 0.4) is 0 Å². The Labute approximate surface area is 137 Å². The number of nitrogens with two attached hydrogens (primary N) is 1. The molecule has 0 unspecified atom stereocenters. The van der Waals surface area contributed by atoms with Crippen molar-refractivity contribution in [2.75, 3.05) is 0 Å². The van der Waals surface area contributed by atoms with E-state index in [9.17, 15) is 0 Å². The topological polar surface area (TPSA) is 50.7 Å². The number of nitrogens with zero attached hydrogens (tertiary/aromatic N) is 2. The number of hydrogen-bond donors (Lipinski definition) is 1. The molecule has 2 aromatic rings. The molecule has 0 saturated carbocycles. The maximum absolute atomic E-state index is 6.03. The van der Waals surface area contributed by atoms with Gasteiger partial charge in [-0.2, -0.15) is 5.10 Å². The molecule has 0 spiro atoms. The lowest BCUT2D eigenvalue weighted by Crippen LogP contribution is -2.06. The Morgan fingerprint density at radius 1 is 1.14 bits per heavy atom. The molecular weight excluding hydrogens is 325 g/mol. The third kappa shape index (κ3) is 5.42. The summed E-state index contributed by atoms with van der Waals surface area (Å²) in [5.74, 6) is 0.757. The highest BCUT2D eigenvalue weighted by Crippen LogP contribution is 2.19. The second kappa shape index (κ2) is 8.08. The number of hydrogen-bond acceptors (Lipinski definition) is 3. The van der Waals surface area contributed by atoms with E-state index in [0.717, 1.165) is 11.3 Å². The molecule has 0 aliphatic rings. The molecule has 3 nitrogen and oxygen atoms in total. The van der Waals surface area contributed by atoms with E-state index in [0.29, 0.717) is 15.2 Å². The lowest BCUT2D eigenvalue weighted by molar-refractivity contribution is 1.25. The van der Waals surface area contributed by atoms with Crippen LogP contribution in [0.4, 0.5) is 0 Å². The second-order valence-corrected chi connectivity index (χ2v) is 5.96. The van der Waals surface area contributed by atoms with E-state index < -0.39 is 0 Å². The molecule has 0 saturated heterocycles. The highest BCUT2D eigenvalue weighted by molar-refractivity contribution is 8.13. The van der Waals surface area contributed by atoms with Crippen LogP contribution >= 0.6 is 35.0 Å². The van der Waals surface area contributed by atoms with Crippen LogP contribution in [0.15, 0.2) is 58.7 Å². The van der Waals surface area contributed by atoms with Gasteiger partial charge in [-0.25, -0.2) is 0 Å². The summed E-state index contributed by atoms with van der Waals surface area (Å²) in [7, 11) is 0. The minimum atomic E-state index is 0.403. The zero-order valence-electron chi connectivity index (χ0n) is 11.0. The lowest BCUT2D eigenvalue weighted by Gasteiger charge is -1.99. The van der Waals surface area contributed by atoms with E-state index in [1.165, 1.54) is 17.3 Å². The van der Waals surface area contributed by atoms with Crippen molar-refractivity contribution in [3.05, 3.63) is 69.7 Å². The molecular formula is C15H13Cl2N3S. The summed E-state index contributed by atoms with van der Waals surface area (Å²) >= 11 is 13.3. The maximum Gasteiger partial charge on any atom is 0.180 e. The first kappa shape index (κ1) is 15.9. The number of benzene rings is 2. The van der Waals surface area contributed by atoms with Gasteiger partial charge in [-0.3, -0.25) is 0 Å². The van der Waals surface area contributed by atoms with Crippen molar-refractivity contribution in [2.24, 2.45) is 15.9 Å². The van der Waals surface area contributed by atoms with Crippen LogP contribution in [0.1, 0.15) is 11.1 Å². The summed E-state index contributed by atoms with van der Waals surface area (Å²) < 4.78 is 0. The zero-order chi connectivity index (χ0) is 15.1. The van der Waals surface area contributed by atoms with Crippen molar-refractivity contribution >= 4 is 46.3 Å². The van der Waals surface area contributed by atoms with Gasteiger partial charge in [0, 0.05) is 16.3 Å². The summed E-state index contributed by atoms with van der Waals surface area (Å²) in [6.07, 6.45) is 1.55. The minimum absolute atomic E-state index is 0.403. The summed E-state index contributed by atoms with van der Waals surface area (Å²) in [5, 5.41) is 9.38. The fraction of sp³-hybridized carbons (Fsp3) is 0.0667. The number of amidine groups is 1. The quantitative estimate of drug-likeness (QED) is 0.504. The Hall–Kier alpha value is -1.49. The number of rotatable bonds is 4. The molecule has 0 bridgehead atoms. The van der Waals surface area contributed by atoms with Gasteiger partial charge in [0.25, 0.3) is 0 Å². The van der Waals surface area contributed by atoms with Crippen LogP contribution < -0.4 is 5.73 Å². The normalized spacial score (nSPS) is 12.0. The lowest BCUT2D eigenvalue weighted by atomic mass is 10.2. The summed E-state index contributed by atoms with van der Waals surface area (Å²) in [6, 6.07) is 15.2. The Morgan fingerprint density at radius 2 is 1.90 bits per heavy atom. The molecule has 2 aromatic carbocycles. The van der Waals surface area contributed by atoms with Crippen molar-refractivity contribution in [3.8, 4) is 0 Å². The predicted octanol–water partition coefficient (Wildman–Crippen LogP) is 4.58. The first-order valence-electron chi connectivity index (χ1n) is 6.13. The molecule has 2 N–H and O–H groups in total. The van der Waals surface area contributed by atoms with Crippen LogP contribution in [0.25, 0.3) is 0 Å². The Morgan fingerprint density at radius 3 is 2.62 bits per heavy atom. The first-order chi connectivity index (χ1) is 10.1. The SMILES string of the molecule is NC(=NN=Cc1ccc(Cl)cc1Cl)SCc1ccccc1. The van der Waals surface area contributed by atoms with Gasteiger partial charge in [0.1, 0.15) is 0 Å². The van der Waals surface area contributed by atoms with E-state index in [-0.39, 0.29) is 0 Å². The molecule has 2 rings (SSSR count). The highest BCUT2D eigenvalue weighted by atomic mass is 35.5. The van der Waals surface area contributed by atoms with Crippen LogP contribution in [0.2, 0.25) is 10.0 Å². The van der Waals surface area contributed by atoms with Crippen molar-refractivity contribution in [2.45, 2.75) is 5.75 Å². The average Bonchev–Trinajstić information content (AvgIpc) is 2.48. The van der Waals surface area contributed by atoms with Gasteiger partial charge in [0.15, 0.2) is 5.17 Å². The van der Waals surface area contributed by atoms with Gasteiger partial charge in [0.2, 0.25) is 0 Å². The standard InChI is InChI=1S/C15H13Cl2N3S/c16-13-7-6-12(14(17)8-13)9-19-20-15(18)21-10-11-4-2-1-3-5-11/h1-9H,10H2,(H2,18,20). The highest BCUT2D eigenvalue weighted by Gasteiger charge is 1.98. The predicted molar refractivity (Wildman–Crippen MR) is 93.4 cm³/mol. The van der Waals surface area contributed by atoms with Gasteiger partial charge in [-0.05, 0) is 17.7 Å². The van der Waals surface area contributed by atoms with Gasteiger partial charge in [0.05, 0.1) is 11.2 Å². The molecule has 21 heavy (non-hydrogen) atoms. The van der Waals surface area contributed by atoms with Crippen LogP contribution in [-0.4, -0.2) is 11.4 Å². The Bertz CT molecular complexity index is 657. The monoisotopic (exact) mass is 337 g/mol. The Kier molecular flexibility index (Phi) is 6.11. The molecule has 0 aliphatic carbocycles. The molecule has 108 valence electrons. The number of halogens is 2. The van der Waals surface area contributed by atoms with E-state index in [1.807, 2.05) is 30.3 Å². The summed E-state index contributed by atoms with van der Waals surface area (Å²) in [5.41, 5.74) is 7.72. The summed E-state index contributed by atoms with van der Waals surface area (Å²) in [6.45, 7) is 0. The van der Waals surface area contributed by atoms with Crippen LogP contribution in [0, 0.1) is 0 Å². The third-order valence-electron chi connectivity index (χ3n) is 2.55. The Balaban J connectivity index is 1.92. The van der Waals surface area contributed by atoms with Crippen molar-refractivity contribution in [1.29, 1.82) is 0 Å². The first-order valence-corrected chi connectivity index (χ1v) is 7.87. The minimum Gasteiger partial charge on any atom is -0.377 e. The summed E-state index contributed by atoms with van der Waals surface area (Å²) in [4.78, 5) is 0. The van der Waals surface area contributed by atoms with Gasteiger partial charge in [-0.1, -0.05) is 71.4 Å². The molecule has 0 aliphatic heterocycles. The van der Waals surface area contributed by atoms with Crippen molar-refractivity contribution in [3.63, 3.8) is 0 Å². The van der Waals surface area contributed by atoms with Crippen molar-refractivity contribution in [1.82, 2.24) is 0 Å². The van der Waals surface area contributed by atoms with E-state index in [2.05, 4.69) is 10.2 Å². The fourth-order valence-electron chi connectivity index (χ4n) is 1.51. The molecule has 6 heteroatoms. The van der Waals surface area contributed by atoms with E-state index >= 15 is 0 Å². The van der Waals surface area contributed by atoms with Gasteiger partial charge in [-0.15, -0.1) is 5.10 Å². The average molecular weight is 338 g/mol. The van der Waals surface area contributed by atoms with Crippen LogP contribution in [-0.2, 0) is 5.75 Å². The smallest absolute Gasteiger partial charge is 0.180 e. The maximum atomic E-state index is 6.03. The van der Waals surface area contributed by atoms with E-state index in [1.54, 1.807) is 24.4 Å². The molecule has 0 fully saturated rings. The molecule has 0 radical (unpaired) electrons. The largest absolute Gasteiger partial charge is 0.377 e. The second-order valence-electron chi connectivity index (χ2n) is 4.12. The van der Waals surface area contributed by atoms with Crippen LogP contribution in [0.5, 0.6) is 0 Å². The van der Waals surface area contributed by atoms with Gasteiger partial charge >= 0.3 is 0 Å². The molecule has 0 amide bonds. The fourth-order valence-corrected chi connectivity index (χ4v) is 2.58. The van der Waals surface area contributed by atoms with Gasteiger partial charge < -0.3 is 5.73 Å². The van der Waals surface area contributed by atoms with E-state index in [4.69, 9.17) is 28.9 Å². The zero-order valence-corrected chi connectivity index (χ0v) is 13.4.